The molecule has 4 nitrogen and oxygen atoms in total. The normalized spacial score (nSPS) is 10.5. The maximum absolute atomic E-state index is 12.3. The van der Waals surface area contributed by atoms with Crippen LogP contribution in [0.15, 0.2) is 54.7 Å². The number of benzene rings is 1. The maximum Gasteiger partial charge on any atom is 0.177 e. The number of Topliss-reactive ketones (excluding diaryl/α,β-unsaturated/α-hetero) is 1. The Hall–Kier alpha value is -2.66. The number of nitrogens with one attached hydrogen (secondary N) is 1. The fourth-order valence-corrected chi connectivity index (χ4v) is 3.28. The van der Waals surface area contributed by atoms with Crippen LogP contribution in [0.25, 0.3) is 0 Å². The van der Waals surface area contributed by atoms with E-state index in [4.69, 9.17) is 5.73 Å². The highest BCUT2D eigenvalue weighted by Gasteiger charge is 2.09. The number of thiophene rings is 1. The SMILES string of the molecule is Cc1ccc(C(=O)Cc2cccc(CNc3cccnc3N)c2)s1. The minimum absolute atomic E-state index is 0.162. The number of hydrogen-bond acceptors (Lipinski definition) is 5. The number of nitrogen functional groups attached to an aromatic ring is 1. The van der Waals surface area contributed by atoms with Crippen molar-refractivity contribution in [2.24, 2.45) is 0 Å². The highest BCUT2D eigenvalue weighted by atomic mass is 32.1. The van der Waals surface area contributed by atoms with Crippen LogP contribution in [-0.4, -0.2) is 10.8 Å². The summed E-state index contributed by atoms with van der Waals surface area (Å²) in [6, 6.07) is 15.7. The first kappa shape index (κ1) is 16.2. The number of anilines is 2. The summed E-state index contributed by atoms with van der Waals surface area (Å²) in [5.74, 6) is 0.645. The molecule has 2 heterocycles. The molecule has 0 saturated carbocycles. The predicted octanol–water partition coefficient (Wildman–Crippen LogP) is 4.07. The Morgan fingerprint density at radius 3 is 2.75 bits per heavy atom. The van der Waals surface area contributed by atoms with E-state index in [0.29, 0.717) is 18.8 Å². The monoisotopic (exact) mass is 337 g/mol. The molecule has 5 heteroatoms. The summed E-state index contributed by atoms with van der Waals surface area (Å²) in [5, 5.41) is 3.27. The second-order valence-corrected chi connectivity index (χ2v) is 6.91. The molecule has 122 valence electrons. The van der Waals surface area contributed by atoms with E-state index in [9.17, 15) is 4.79 Å². The first-order valence-corrected chi connectivity index (χ1v) is 8.55. The van der Waals surface area contributed by atoms with Crippen LogP contribution in [0.1, 0.15) is 25.7 Å². The smallest absolute Gasteiger partial charge is 0.177 e. The lowest BCUT2D eigenvalue weighted by molar-refractivity contribution is 0.0997. The molecule has 0 aliphatic heterocycles. The average Bonchev–Trinajstić information content (AvgIpc) is 3.01. The summed E-state index contributed by atoms with van der Waals surface area (Å²) >= 11 is 1.55. The van der Waals surface area contributed by atoms with Crippen molar-refractivity contribution in [2.45, 2.75) is 19.9 Å². The summed E-state index contributed by atoms with van der Waals surface area (Å²) in [4.78, 5) is 18.4. The fraction of sp³-hybridized carbons (Fsp3) is 0.158. The second-order valence-electron chi connectivity index (χ2n) is 5.62. The summed E-state index contributed by atoms with van der Waals surface area (Å²) in [6.07, 6.45) is 2.09. The molecule has 0 aliphatic rings. The van der Waals surface area contributed by atoms with Gasteiger partial charge in [-0.15, -0.1) is 11.3 Å². The minimum Gasteiger partial charge on any atom is -0.382 e. The summed E-state index contributed by atoms with van der Waals surface area (Å²) in [5.41, 5.74) is 8.76. The molecular weight excluding hydrogens is 318 g/mol. The molecule has 0 unspecified atom stereocenters. The van der Waals surface area contributed by atoms with E-state index in [1.54, 1.807) is 17.5 Å². The van der Waals surface area contributed by atoms with Crippen LogP contribution in [0.5, 0.6) is 0 Å². The molecule has 0 fully saturated rings. The van der Waals surface area contributed by atoms with Crippen molar-refractivity contribution in [3.05, 3.63) is 75.6 Å². The van der Waals surface area contributed by atoms with Gasteiger partial charge in [-0.2, -0.15) is 0 Å². The number of aromatic nitrogens is 1. The quantitative estimate of drug-likeness (QED) is 0.665. The Labute approximate surface area is 145 Å². The van der Waals surface area contributed by atoms with Crippen molar-refractivity contribution < 1.29 is 4.79 Å². The van der Waals surface area contributed by atoms with Gasteiger partial charge in [-0.3, -0.25) is 4.79 Å². The molecule has 24 heavy (non-hydrogen) atoms. The molecule has 3 N–H and O–H groups in total. The van der Waals surface area contributed by atoms with Gasteiger partial charge in [-0.25, -0.2) is 4.98 Å². The van der Waals surface area contributed by atoms with Crippen molar-refractivity contribution in [2.75, 3.05) is 11.1 Å². The zero-order valence-corrected chi connectivity index (χ0v) is 14.3. The third kappa shape index (κ3) is 4.00. The number of aryl methyl sites for hydroxylation is 1. The van der Waals surface area contributed by atoms with Gasteiger partial charge < -0.3 is 11.1 Å². The van der Waals surface area contributed by atoms with Crippen molar-refractivity contribution in [1.82, 2.24) is 4.98 Å². The molecule has 0 saturated heterocycles. The van der Waals surface area contributed by atoms with E-state index < -0.39 is 0 Å². The van der Waals surface area contributed by atoms with E-state index in [2.05, 4.69) is 16.4 Å². The lowest BCUT2D eigenvalue weighted by Crippen LogP contribution is -2.05. The molecule has 0 atom stereocenters. The lowest BCUT2D eigenvalue weighted by atomic mass is 10.0. The zero-order valence-electron chi connectivity index (χ0n) is 13.5. The number of carbonyl (C=O) groups is 1. The molecular formula is C19H19N3OS. The van der Waals surface area contributed by atoms with Gasteiger partial charge in [0.1, 0.15) is 5.82 Å². The van der Waals surface area contributed by atoms with Crippen LogP contribution in [0.3, 0.4) is 0 Å². The number of rotatable bonds is 6. The number of carbonyl (C=O) groups excluding carboxylic acids is 1. The maximum atomic E-state index is 12.3. The van der Waals surface area contributed by atoms with Crippen LogP contribution >= 0.6 is 11.3 Å². The third-order valence-electron chi connectivity index (χ3n) is 3.69. The van der Waals surface area contributed by atoms with Crippen LogP contribution in [0.4, 0.5) is 11.5 Å². The summed E-state index contributed by atoms with van der Waals surface area (Å²) < 4.78 is 0. The Balaban J connectivity index is 1.66. The second kappa shape index (κ2) is 7.27. The van der Waals surface area contributed by atoms with Gasteiger partial charge >= 0.3 is 0 Å². The largest absolute Gasteiger partial charge is 0.382 e. The number of pyridine rings is 1. The standard InChI is InChI=1S/C19H19N3OS/c1-13-7-8-18(24-13)17(23)11-14-4-2-5-15(10-14)12-22-16-6-3-9-21-19(16)20/h2-10,22H,11-12H2,1H3,(H2,20,21). The highest BCUT2D eigenvalue weighted by Crippen LogP contribution is 2.19. The summed E-state index contributed by atoms with van der Waals surface area (Å²) in [6.45, 7) is 2.65. The van der Waals surface area contributed by atoms with E-state index in [1.165, 1.54) is 0 Å². The van der Waals surface area contributed by atoms with Crippen molar-refractivity contribution in [3.63, 3.8) is 0 Å². The van der Waals surface area contributed by atoms with E-state index >= 15 is 0 Å². The Kier molecular flexibility index (Phi) is 4.91. The lowest BCUT2D eigenvalue weighted by Gasteiger charge is -2.09. The van der Waals surface area contributed by atoms with Crippen molar-refractivity contribution in [3.8, 4) is 0 Å². The van der Waals surface area contributed by atoms with Gasteiger partial charge in [-0.1, -0.05) is 24.3 Å². The van der Waals surface area contributed by atoms with Crippen molar-refractivity contribution >= 4 is 28.6 Å². The average molecular weight is 337 g/mol. The van der Waals surface area contributed by atoms with E-state index in [0.717, 1.165) is 26.6 Å². The van der Waals surface area contributed by atoms with Gasteiger partial charge in [0.25, 0.3) is 0 Å². The molecule has 0 bridgehead atoms. The molecule has 1 aromatic carbocycles. The molecule has 2 aromatic heterocycles. The number of ketones is 1. The van der Waals surface area contributed by atoms with Gasteiger partial charge in [0.2, 0.25) is 0 Å². The third-order valence-corrected chi connectivity index (χ3v) is 4.73. The molecule has 0 radical (unpaired) electrons. The minimum atomic E-state index is 0.162. The van der Waals surface area contributed by atoms with Gasteiger partial charge in [-0.05, 0) is 42.3 Å². The predicted molar refractivity (Wildman–Crippen MR) is 99.5 cm³/mol. The van der Waals surface area contributed by atoms with Crippen LogP contribution in [0.2, 0.25) is 0 Å². The Morgan fingerprint density at radius 2 is 2.00 bits per heavy atom. The fourth-order valence-electron chi connectivity index (χ4n) is 2.47. The van der Waals surface area contributed by atoms with Crippen LogP contribution in [-0.2, 0) is 13.0 Å². The van der Waals surface area contributed by atoms with Crippen LogP contribution < -0.4 is 11.1 Å². The molecule has 0 amide bonds. The number of nitrogens with two attached hydrogens (primary N) is 1. The first-order valence-electron chi connectivity index (χ1n) is 7.73. The number of hydrogen-bond donors (Lipinski definition) is 2. The Morgan fingerprint density at radius 1 is 1.17 bits per heavy atom. The molecule has 3 rings (SSSR count). The topological polar surface area (TPSA) is 68.0 Å². The van der Waals surface area contributed by atoms with Gasteiger partial charge in [0.15, 0.2) is 5.78 Å². The van der Waals surface area contributed by atoms with E-state index in [1.807, 2.05) is 49.4 Å². The molecule has 0 spiro atoms. The van der Waals surface area contributed by atoms with E-state index in [-0.39, 0.29) is 5.78 Å². The summed E-state index contributed by atoms with van der Waals surface area (Å²) in [7, 11) is 0. The van der Waals surface area contributed by atoms with Crippen molar-refractivity contribution in [1.29, 1.82) is 0 Å². The van der Waals surface area contributed by atoms with Crippen LogP contribution in [0, 0.1) is 6.92 Å². The zero-order chi connectivity index (χ0) is 16.9. The molecule has 0 aliphatic carbocycles. The number of nitrogens with zero attached hydrogens (tertiary/aromatic N) is 1. The van der Waals surface area contributed by atoms with Gasteiger partial charge in [0.05, 0.1) is 10.6 Å². The molecule has 3 aromatic rings. The first-order chi connectivity index (χ1) is 11.6. The Bertz CT molecular complexity index is 857. The highest BCUT2D eigenvalue weighted by molar-refractivity contribution is 7.14. The van der Waals surface area contributed by atoms with Gasteiger partial charge in [0, 0.05) is 24.0 Å².